The van der Waals surface area contributed by atoms with Gasteiger partial charge >= 0.3 is 0 Å². The number of allylic oxidation sites excluding steroid dienone is 3. The van der Waals surface area contributed by atoms with E-state index in [1.807, 2.05) is 26.0 Å². The highest BCUT2D eigenvalue weighted by atomic mass is 32.2. The number of Topliss-reactive ketones (excluding diaryl/α,β-unsaturated/α-hetero) is 1. The Hall–Kier alpha value is -1.81. The molecule has 0 aromatic heterocycles. The summed E-state index contributed by atoms with van der Waals surface area (Å²) in [5, 5.41) is 0. The Balaban J connectivity index is 0.00000352. The van der Waals surface area contributed by atoms with Crippen molar-refractivity contribution in [1.29, 1.82) is 0 Å². The normalized spacial score (nSPS) is 16.9. The zero-order valence-electron chi connectivity index (χ0n) is 23.4. The lowest BCUT2D eigenvalue weighted by atomic mass is 9.88. The molecule has 0 bridgehead atoms. The molecule has 0 amide bonds. The summed E-state index contributed by atoms with van der Waals surface area (Å²) in [7, 11) is -8.54. The maximum Gasteiger partial charge on any atom is 0.274 e. The molecule has 2 N–H and O–H groups in total. The molecule has 1 aliphatic carbocycles. The van der Waals surface area contributed by atoms with Gasteiger partial charge in [0, 0.05) is 12.8 Å². The van der Waals surface area contributed by atoms with Crippen LogP contribution in [0.3, 0.4) is 0 Å². The molecule has 0 heterocycles. The van der Waals surface area contributed by atoms with Gasteiger partial charge in [-0.25, -0.2) is 0 Å². The van der Waals surface area contributed by atoms with E-state index in [1.165, 1.54) is 6.92 Å². The Bertz CT molecular complexity index is 1140. The number of hydrogen-bond acceptors (Lipinski definition) is 5. The largest absolute Gasteiger partial charge is 0.300 e. The van der Waals surface area contributed by atoms with E-state index in [1.54, 1.807) is 43.3 Å². The highest BCUT2D eigenvalue weighted by molar-refractivity contribution is 7.87. The van der Waals surface area contributed by atoms with E-state index in [-0.39, 0.29) is 12.2 Å². The topological polar surface area (TPSA) is 126 Å². The van der Waals surface area contributed by atoms with Gasteiger partial charge in [0.2, 0.25) is 0 Å². The second kappa shape index (κ2) is 15.7. The quantitative estimate of drug-likeness (QED) is 0.159. The summed E-state index contributed by atoms with van der Waals surface area (Å²) in [6.45, 7) is 7.10. The summed E-state index contributed by atoms with van der Waals surface area (Å²) in [5.74, 6) is 0.133. The van der Waals surface area contributed by atoms with E-state index in [4.69, 9.17) is 0 Å². The minimum absolute atomic E-state index is 0.133. The average molecular weight is 571 g/mol. The molecule has 38 heavy (non-hydrogen) atoms. The lowest BCUT2D eigenvalue weighted by Crippen LogP contribution is -2.37. The van der Waals surface area contributed by atoms with E-state index in [2.05, 4.69) is 0 Å². The number of carbonyl (C=O) groups excluding carboxylic acids is 1. The summed E-state index contributed by atoms with van der Waals surface area (Å²) in [4.78, 5) is 12.3. The van der Waals surface area contributed by atoms with Gasteiger partial charge in [0.15, 0.2) is 0 Å². The minimum Gasteiger partial charge on any atom is -0.300 e. The van der Waals surface area contributed by atoms with Crippen molar-refractivity contribution in [3.05, 3.63) is 59.7 Å². The molecule has 9 heteroatoms. The fraction of sp³-hybridized carbons (Fsp3) is 0.621. The highest BCUT2D eigenvalue weighted by Gasteiger charge is 2.41. The van der Waals surface area contributed by atoms with Crippen molar-refractivity contribution in [2.45, 2.75) is 114 Å². The summed E-state index contributed by atoms with van der Waals surface area (Å²) >= 11 is 0. The van der Waals surface area contributed by atoms with Gasteiger partial charge in [-0.15, -0.1) is 0 Å². The van der Waals surface area contributed by atoms with Gasteiger partial charge in [-0.3, -0.25) is 13.9 Å². The fourth-order valence-electron chi connectivity index (χ4n) is 4.76. The van der Waals surface area contributed by atoms with Crippen molar-refractivity contribution in [2.24, 2.45) is 0 Å². The number of ketones is 1. The predicted molar refractivity (Wildman–Crippen MR) is 154 cm³/mol. The van der Waals surface area contributed by atoms with Crippen LogP contribution in [0.4, 0.5) is 0 Å². The molecule has 1 aromatic carbocycles. The van der Waals surface area contributed by atoms with Gasteiger partial charge in [0.25, 0.3) is 20.2 Å². The van der Waals surface area contributed by atoms with Crippen LogP contribution in [0.25, 0.3) is 0 Å². The summed E-state index contributed by atoms with van der Waals surface area (Å²) in [6, 6.07) is 8.66. The first-order valence-corrected chi connectivity index (χ1v) is 16.6. The highest BCUT2D eigenvalue weighted by Crippen LogP contribution is 2.36. The first kappa shape index (κ1) is 34.2. The molecule has 0 fully saturated rings. The molecule has 2 rings (SSSR count). The van der Waals surface area contributed by atoms with Crippen LogP contribution in [0.2, 0.25) is 0 Å². The molecule has 1 aromatic rings. The lowest BCUT2D eigenvalue weighted by Gasteiger charge is -2.30. The third kappa shape index (κ3) is 9.74. The van der Waals surface area contributed by atoms with Crippen molar-refractivity contribution in [3.8, 4) is 0 Å². The Morgan fingerprint density at radius 1 is 0.789 bits per heavy atom. The maximum atomic E-state index is 12.3. The van der Waals surface area contributed by atoms with Gasteiger partial charge in [-0.05, 0) is 63.5 Å². The van der Waals surface area contributed by atoms with Crippen LogP contribution in [-0.4, -0.2) is 36.5 Å². The summed E-state index contributed by atoms with van der Waals surface area (Å²) in [6.07, 6.45) is 12.2. The minimum atomic E-state index is -4.29. The van der Waals surface area contributed by atoms with Crippen molar-refractivity contribution < 1.29 is 30.7 Å². The Morgan fingerprint density at radius 3 is 1.74 bits per heavy atom. The van der Waals surface area contributed by atoms with E-state index < -0.39 is 29.7 Å². The molecule has 7 nitrogen and oxygen atoms in total. The van der Waals surface area contributed by atoms with Crippen LogP contribution >= 0.6 is 0 Å². The molecule has 0 spiro atoms. The van der Waals surface area contributed by atoms with E-state index in [0.717, 1.165) is 12.0 Å². The second-order valence-electron chi connectivity index (χ2n) is 10.1. The smallest absolute Gasteiger partial charge is 0.274 e. The summed E-state index contributed by atoms with van der Waals surface area (Å²) < 4.78 is 65.2. The maximum absolute atomic E-state index is 12.3. The van der Waals surface area contributed by atoms with Crippen molar-refractivity contribution >= 4 is 26.0 Å². The number of benzene rings is 1. The average Bonchev–Trinajstić information content (AvgIpc) is 2.89. The van der Waals surface area contributed by atoms with Gasteiger partial charge in [-0.1, -0.05) is 88.1 Å². The van der Waals surface area contributed by atoms with Gasteiger partial charge in [-0.2, -0.15) is 16.8 Å². The van der Waals surface area contributed by atoms with Crippen molar-refractivity contribution in [1.82, 2.24) is 0 Å². The number of unbranched alkanes of at least 4 members (excludes halogenated alkanes) is 4. The molecule has 0 saturated carbocycles. The SMILES string of the molecule is CC.CC(CCCCCC(=O)CCCCCC(C)(c1ccccc1)S(=O)(=O)O)(C1=CC=CCC1)S(=O)(=O)O. The lowest BCUT2D eigenvalue weighted by molar-refractivity contribution is -0.119. The Kier molecular flexibility index (Phi) is 14.1. The first-order chi connectivity index (χ1) is 17.8. The molecule has 1 aliphatic rings. The molecule has 2 unspecified atom stereocenters. The number of carbonyl (C=O) groups is 1. The molecule has 0 saturated heterocycles. The summed E-state index contributed by atoms with van der Waals surface area (Å²) in [5.41, 5.74) is 1.27. The first-order valence-electron chi connectivity index (χ1n) is 13.7. The van der Waals surface area contributed by atoms with Gasteiger partial charge in [0.1, 0.15) is 15.3 Å². The third-order valence-electron chi connectivity index (χ3n) is 7.44. The van der Waals surface area contributed by atoms with Gasteiger partial charge < -0.3 is 0 Å². The van der Waals surface area contributed by atoms with Crippen LogP contribution in [-0.2, 0) is 29.8 Å². The Labute approximate surface area is 230 Å². The molecule has 216 valence electrons. The van der Waals surface area contributed by atoms with E-state index in [0.29, 0.717) is 69.8 Å². The predicted octanol–water partition coefficient (Wildman–Crippen LogP) is 7.21. The molecule has 0 radical (unpaired) electrons. The molecule has 0 aliphatic heterocycles. The standard InChI is InChI=1S/C27H40O7S2.C2H6/c1-26(35(29,30)31,23-15-7-3-8-16-23)21-13-5-11-19-25(28)20-12-6-14-22-27(2,36(32,33)34)24-17-9-4-10-18-24;1-2/h3-4,7-9,15-17H,5-6,10-14,18-22H2,1-2H3,(H,29,30,31)(H,32,33,34);1-2H3. The van der Waals surface area contributed by atoms with Crippen molar-refractivity contribution in [2.75, 3.05) is 0 Å². The van der Waals surface area contributed by atoms with E-state index in [9.17, 15) is 30.7 Å². The van der Waals surface area contributed by atoms with Crippen LogP contribution in [0.5, 0.6) is 0 Å². The number of hydrogen-bond donors (Lipinski definition) is 2. The second-order valence-corrected chi connectivity index (χ2v) is 13.8. The van der Waals surface area contributed by atoms with Gasteiger partial charge in [0.05, 0.1) is 0 Å². The van der Waals surface area contributed by atoms with E-state index >= 15 is 0 Å². The molecular weight excluding hydrogens is 524 g/mol. The molecular formula is C29H46O7S2. The monoisotopic (exact) mass is 570 g/mol. The number of rotatable bonds is 16. The Morgan fingerprint density at radius 2 is 1.29 bits per heavy atom. The molecule has 2 atom stereocenters. The zero-order chi connectivity index (χ0) is 28.9. The third-order valence-corrected chi connectivity index (χ3v) is 10.6. The van der Waals surface area contributed by atoms with Crippen LogP contribution in [0.1, 0.15) is 110 Å². The van der Waals surface area contributed by atoms with Crippen molar-refractivity contribution in [3.63, 3.8) is 0 Å². The fourth-order valence-corrected chi connectivity index (χ4v) is 6.50. The van der Waals surface area contributed by atoms with Crippen LogP contribution < -0.4 is 0 Å². The van der Waals surface area contributed by atoms with Crippen LogP contribution in [0, 0.1) is 0 Å². The van der Waals surface area contributed by atoms with Crippen LogP contribution in [0.15, 0.2) is 54.1 Å². The zero-order valence-corrected chi connectivity index (χ0v) is 25.0.